The van der Waals surface area contributed by atoms with E-state index in [0.717, 1.165) is 18.5 Å². The Kier molecular flexibility index (Phi) is 5.53. The standard InChI is InChI=1S/C16H23FN2O/c1-12(13-5-7-14(17)8-6-13)19-16(20)10-9-15-4-2-3-11-18-15/h5-8,12,15,18H,2-4,9-11H2,1H3,(H,19,20)/t12-,15?/m0/s1. The molecule has 1 aliphatic rings. The van der Waals surface area contributed by atoms with Crippen LogP contribution in [0.4, 0.5) is 4.39 Å². The number of hydrogen-bond acceptors (Lipinski definition) is 2. The van der Waals surface area contributed by atoms with Crippen molar-refractivity contribution in [2.24, 2.45) is 0 Å². The highest BCUT2D eigenvalue weighted by Gasteiger charge is 2.15. The van der Waals surface area contributed by atoms with Gasteiger partial charge in [-0.15, -0.1) is 0 Å². The van der Waals surface area contributed by atoms with E-state index in [1.54, 1.807) is 12.1 Å². The van der Waals surface area contributed by atoms with E-state index in [9.17, 15) is 9.18 Å². The highest BCUT2D eigenvalue weighted by molar-refractivity contribution is 5.76. The van der Waals surface area contributed by atoms with Crippen LogP contribution in [-0.2, 0) is 4.79 Å². The maximum atomic E-state index is 12.8. The van der Waals surface area contributed by atoms with Crippen LogP contribution in [0.2, 0.25) is 0 Å². The molecule has 0 aromatic heterocycles. The number of piperidine rings is 1. The number of hydrogen-bond donors (Lipinski definition) is 2. The van der Waals surface area contributed by atoms with Gasteiger partial charge in [0, 0.05) is 12.5 Å². The molecule has 0 saturated carbocycles. The summed E-state index contributed by atoms with van der Waals surface area (Å²) in [7, 11) is 0. The lowest BCUT2D eigenvalue weighted by Crippen LogP contribution is -2.35. The Hall–Kier alpha value is -1.42. The van der Waals surface area contributed by atoms with E-state index in [-0.39, 0.29) is 17.8 Å². The molecular formula is C16H23FN2O. The van der Waals surface area contributed by atoms with Crippen molar-refractivity contribution in [3.05, 3.63) is 35.6 Å². The molecule has 0 aliphatic carbocycles. The van der Waals surface area contributed by atoms with Gasteiger partial charge < -0.3 is 10.6 Å². The van der Waals surface area contributed by atoms with Gasteiger partial charge in [0.2, 0.25) is 5.91 Å². The fraction of sp³-hybridized carbons (Fsp3) is 0.562. The molecule has 2 N–H and O–H groups in total. The molecule has 3 nitrogen and oxygen atoms in total. The molecule has 1 aromatic carbocycles. The Morgan fingerprint density at radius 1 is 1.40 bits per heavy atom. The summed E-state index contributed by atoms with van der Waals surface area (Å²) in [5, 5.41) is 6.41. The Bertz CT molecular complexity index is 427. The average Bonchev–Trinajstić information content (AvgIpc) is 2.47. The predicted molar refractivity (Wildman–Crippen MR) is 77.8 cm³/mol. The predicted octanol–water partition coefficient (Wildman–Crippen LogP) is 2.93. The normalized spacial score (nSPS) is 20.4. The van der Waals surface area contributed by atoms with Crippen LogP contribution in [0.1, 0.15) is 50.6 Å². The van der Waals surface area contributed by atoms with Crippen LogP contribution in [0.3, 0.4) is 0 Å². The third kappa shape index (κ3) is 4.60. The van der Waals surface area contributed by atoms with Crippen LogP contribution in [0.5, 0.6) is 0 Å². The Morgan fingerprint density at radius 3 is 2.80 bits per heavy atom. The highest BCUT2D eigenvalue weighted by Crippen LogP contribution is 2.15. The number of carbonyl (C=O) groups excluding carboxylic acids is 1. The maximum Gasteiger partial charge on any atom is 0.220 e. The Labute approximate surface area is 120 Å². The SMILES string of the molecule is C[C@H](NC(=O)CCC1CCCCN1)c1ccc(F)cc1. The zero-order chi connectivity index (χ0) is 14.4. The van der Waals surface area contributed by atoms with Gasteiger partial charge >= 0.3 is 0 Å². The first-order chi connectivity index (χ1) is 9.65. The van der Waals surface area contributed by atoms with Crippen LogP contribution in [-0.4, -0.2) is 18.5 Å². The summed E-state index contributed by atoms with van der Waals surface area (Å²) in [5.41, 5.74) is 0.926. The summed E-state index contributed by atoms with van der Waals surface area (Å²) in [5.74, 6) is -0.190. The van der Waals surface area contributed by atoms with Gasteiger partial charge in [-0.05, 0) is 50.4 Å². The molecule has 20 heavy (non-hydrogen) atoms. The summed E-state index contributed by atoms with van der Waals surface area (Å²) >= 11 is 0. The molecule has 1 aromatic rings. The van der Waals surface area contributed by atoms with Gasteiger partial charge in [0.05, 0.1) is 6.04 Å². The molecule has 2 rings (SSSR count). The van der Waals surface area contributed by atoms with E-state index < -0.39 is 0 Å². The van der Waals surface area contributed by atoms with E-state index in [4.69, 9.17) is 0 Å². The van der Waals surface area contributed by atoms with Gasteiger partial charge in [-0.25, -0.2) is 4.39 Å². The molecule has 1 saturated heterocycles. The third-order valence-corrected chi connectivity index (χ3v) is 3.88. The summed E-state index contributed by atoms with van der Waals surface area (Å²) in [4.78, 5) is 11.9. The summed E-state index contributed by atoms with van der Waals surface area (Å²) in [6.07, 6.45) is 5.10. The molecule has 1 heterocycles. The summed E-state index contributed by atoms with van der Waals surface area (Å²) in [6, 6.07) is 6.66. The van der Waals surface area contributed by atoms with Crippen molar-refractivity contribution >= 4 is 5.91 Å². The molecule has 0 radical (unpaired) electrons. The first-order valence-electron chi connectivity index (χ1n) is 7.43. The average molecular weight is 278 g/mol. The van der Waals surface area contributed by atoms with Crippen molar-refractivity contribution in [3.8, 4) is 0 Å². The van der Waals surface area contributed by atoms with E-state index in [1.807, 2.05) is 6.92 Å². The first kappa shape index (κ1) is 15.0. The smallest absolute Gasteiger partial charge is 0.220 e. The monoisotopic (exact) mass is 278 g/mol. The highest BCUT2D eigenvalue weighted by atomic mass is 19.1. The second-order valence-corrected chi connectivity index (χ2v) is 5.53. The van der Waals surface area contributed by atoms with Crippen molar-refractivity contribution in [2.45, 2.75) is 51.1 Å². The molecule has 1 fully saturated rings. The number of carbonyl (C=O) groups is 1. The molecule has 110 valence electrons. The largest absolute Gasteiger partial charge is 0.350 e. The minimum Gasteiger partial charge on any atom is -0.350 e. The van der Waals surface area contributed by atoms with E-state index in [2.05, 4.69) is 10.6 Å². The zero-order valence-electron chi connectivity index (χ0n) is 12.0. The van der Waals surface area contributed by atoms with Crippen LogP contribution in [0.15, 0.2) is 24.3 Å². The molecule has 2 atom stereocenters. The molecule has 0 bridgehead atoms. The minimum atomic E-state index is -0.254. The van der Waals surface area contributed by atoms with Crippen LogP contribution < -0.4 is 10.6 Å². The second kappa shape index (κ2) is 7.39. The zero-order valence-corrected chi connectivity index (χ0v) is 12.0. The molecule has 1 amide bonds. The van der Waals surface area contributed by atoms with Gasteiger partial charge in [0.1, 0.15) is 5.82 Å². The Morgan fingerprint density at radius 2 is 2.15 bits per heavy atom. The fourth-order valence-corrected chi connectivity index (χ4v) is 2.62. The Balaban J connectivity index is 1.74. The van der Waals surface area contributed by atoms with Crippen molar-refractivity contribution < 1.29 is 9.18 Å². The van der Waals surface area contributed by atoms with Gasteiger partial charge in [0.25, 0.3) is 0 Å². The van der Waals surface area contributed by atoms with Crippen molar-refractivity contribution in [3.63, 3.8) is 0 Å². The molecule has 1 unspecified atom stereocenters. The van der Waals surface area contributed by atoms with Gasteiger partial charge in [0.15, 0.2) is 0 Å². The number of benzene rings is 1. The number of amides is 1. The molecular weight excluding hydrogens is 255 g/mol. The van der Waals surface area contributed by atoms with Crippen LogP contribution in [0, 0.1) is 5.82 Å². The fourth-order valence-electron chi connectivity index (χ4n) is 2.62. The second-order valence-electron chi connectivity index (χ2n) is 5.53. The number of nitrogens with one attached hydrogen (secondary N) is 2. The lowest BCUT2D eigenvalue weighted by molar-refractivity contribution is -0.122. The van der Waals surface area contributed by atoms with Gasteiger partial charge in [-0.2, -0.15) is 0 Å². The minimum absolute atomic E-state index is 0.0641. The topological polar surface area (TPSA) is 41.1 Å². The lowest BCUT2D eigenvalue weighted by atomic mass is 10.0. The van der Waals surface area contributed by atoms with Crippen LogP contribution >= 0.6 is 0 Å². The van der Waals surface area contributed by atoms with E-state index in [0.29, 0.717) is 12.5 Å². The van der Waals surface area contributed by atoms with E-state index >= 15 is 0 Å². The lowest BCUT2D eigenvalue weighted by Gasteiger charge is -2.23. The maximum absolute atomic E-state index is 12.8. The summed E-state index contributed by atoms with van der Waals surface area (Å²) in [6.45, 7) is 2.99. The molecule has 4 heteroatoms. The molecule has 0 spiro atoms. The van der Waals surface area contributed by atoms with Crippen molar-refractivity contribution in [1.82, 2.24) is 10.6 Å². The van der Waals surface area contributed by atoms with Crippen molar-refractivity contribution in [1.29, 1.82) is 0 Å². The first-order valence-corrected chi connectivity index (χ1v) is 7.43. The summed E-state index contributed by atoms with van der Waals surface area (Å²) < 4.78 is 12.8. The van der Waals surface area contributed by atoms with E-state index in [1.165, 1.54) is 31.4 Å². The quantitative estimate of drug-likeness (QED) is 0.869. The number of rotatable bonds is 5. The third-order valence-electron chi connectivity index (χ3n) is 3.88. The van der Waals surface area contributed by atoms with Gasteiger partial charge in [-0.1, -0.05) is 18.6 Å². The molecule has 1 aliphatic heterocycles. The number of halogens is 1. The van der Waals surface area contributed by atoms with Gasteiger partial charge in [-0.3, -0.25) is 4.79 Å². The van der Waals surface area contributed by atoms with Crippen molar-refractivity contribution in [2.75, 3.05) is 6.54 Å². The van der Waals surface area contributed by atoms with Crippen LogP contribution in [0.25, 0.3) is 0 Å².